The van der Waals surface area contributed by atoms with Gasteiger partial charge in [0.05, 0.1) is 6.42 Å². The van der Waals surface area contributed by atoms with Crippen LogP contribution in [0.5, 0.6) is 0 Å². The summed E-state index contributed by atoms with van der Waals surface area (Å²) in [5.74, 6) is 0. The minimum absolute atomic E-state index is 0.313. The smallest absolute Gasteiger partial charge is 0.204 e. The van der Waals surface area contributed by atoms with Crippen LogP contribution in [0.3, 0.4) is 0 Å². The van der Waals surface area contributed by atoms with Crippen LogP contribution in [0.15, 0.2) is 5.38 Å². The van der Waals surface area contributed by atoms with Gasteiger partial charge in [-0.1, -0.05) is 0 Å². The zero-order chi connectivity index (χ0) is 6.69. The zero-order valence-electron chi connectivity index (χ0n) is 4.51. The van der Waals surface area contributed by atoms with Gasteiger partial charge in [-0.25, -0.2) is 0 Å². The highest BCUT2D eigenvalue weighted by Gasteiger charge is 1.91. The molecule has 47 valence electrons. The molecular weight excluding hydrogens is 154 g/mol. The second-order valence-electron chi connectivity index (χ2n) is 1.49. The molecule has 0 aliphatic rings. The predicted octanol–water partition coefficient (Wildman–Crippen LogP) is 1.46. The van der Waals surface area contributed by atoms with Gasteiger partial charge in [-0.05, 0) is 12.2 Å². The Morgan fingerprint density at radius 3 is 3.11 bits per heavy atom. The van der Waals surface area contributed by atoms with E-state index in [1.54, 1.807) is 6.29 Å². The molecule has 0 saturated heterocycles. The molecule has 1 rings (SSSR count). The maximum atomic E-state index is 9.81. The van der Waals surface area contributed by atoms with E-state index in [0.29, 0.717) is 10.4 Å². The number of aromatic nitrogens is 1. The molecule has 0 amide bonds. The van der Waals surface area contributed by atoms with E-state index in [-0.39, 0.29) is 0 Å². The first-order chi connectivity index (χ1) is 4.33. The number of thiazole rings is 1. The fraction of sp³-hybridized carbons (Fsp3) is 0.200. The van der Waals surface area contributed by atoms with E-state index in [0.717, 1.165) is 5.69 Å². The van der Waals surface area contributed by atoms with Gasteiger partial charge in [-0.3, -0.25) is 4.79 Å². The fourth-order valence-electron chi connectivity index (χ4n) is 0.478. The van der Waals surface area contributed by atoms with Crippen LogP contribution in [0, 0.1) is 3.95 Å². The average molecular weight is 158 g/mol. The number of rotatable bonds is 2. The number of H-pyrrole nitrogens is 1. The van der Waals surface area contributed by atoms with E-state index in [9.17, 15) is 4.79 Å². The van der Waals surface area contributed by atoms with Gasteiger partial charge in [0.1, 0.15) is 0 Å². The van der Waals surface area contributed by atoms with Gasteiger partial charge >= 0.3 is 0 Å². The summed E-state index contributed by atoms with van der Waals surface area (Å²) in [4.78, 5) is 12.7. The lowest BCUT2D eigenvalue weighted by Crippen LogP contribution is -1.82. The summed E-state index contributed by atoms with van der Waals surface area (Å²) < 4.78 is 0.709. The van der Waals surface area contributed by atoms with Crippen molar-refractivity contribution in [3.05, 3.63) is 15.0 Å². The molecule has 4 heteroatoms. The van der Waals surface area contributed by atoms with E-state index in [4.69, 9.17) is 12.2 Å². The van der Waals surface area contributed by atoms with Crippen molar-refractivity contribution in [3.8, 4) is 0 Å². The predicted molar refractivity (Wildman–Crippen MR) is 38.9 cm³/mol. The van der Waals surface area contributed by atoms with Gasteiger partial charge in [0.2, 0.25) is 6.29 Å². The van der Waals surface area contributed by atoms with Crippen molar-refractivity contribution >= 4 is 29.8 Å². The normalized spacial score (nSPS) is 9.33. The third kappa shape index (κ3) is 1.73. The molecule has 1 radical (unpaired) electrons. The maximum absolute atomic E-state index is 9.81. The van der Waals surface area contributed by atoms with Crippen molar-refractivity contribution in [3.63, 3.8) is 0 Å². The Morgan fingerprint density at radius 2 is 2.67 bits per heavy atom. The molecule has 1 aromatic rings. The van der Waals surface area contributed by atoms with Crippen LogP contribution >= 0.6 is 23.6 Å². The first-order valence-electron chi connectivity index (χ1n) is 2.34. The van der Waals surface area contributed by atoms with E-state index in [1.165, 1.54) is 11.3 Å². The first kappa shape index (κ1) is 6.64. The molecule has 1 N–H and O–H groups in total. The number of carbonyl (C=O) groups excluding carboxylic acids is 1. The molecule has 1 heterocycles. The zero-order valence-corrected chi connectivity index (χ0v) is 6.14. The van der Waals surface area contributed by atoms with Crippen LogP contribution < -0.4 is 0 Å². The molecule has 9 heavy (non-hydrogen) atoms. The van der Waals surface area contributed by atoms with Crippen LogP contribution in [-0.4, -0.2) is 11.3 Å². The Balaban J connectivity index is 2.84. The standard InChI is InChI=1S/C5H4NOS2/c7-2-1-4-3-9-5(8)6-4/h3H,1H2,(H,6,8). The largest absolute Gasteiger partial charge is 0.340 e. The summed E-state index contributed by atoms with van der Waals surface area (Å²) in [6, 6.07) is 0. The van der Waals surface area contributed by atoms with Crippen molar-refractivity contribution in [1.82, 2.24) is 4.98 Å². The number of hydrogen-bond donors (Lipinski definition) is 1. The summed E-state index contributed by atoms with van der Waals surface area (Å²) >= 11 is 6.20. The van der Waals surface area contributed by atoms with Crippen LogP contribution in [-0.2, 0) is 11.2 Å². The van der Waals surface area contributed by atoms with Crippen LogP contribution in [0.2, 0.25) is 0 Å². The van der Waals surface area contributed by atoms with E-state index in [1.807, 2.05) is 5.38 Å². The molecule has 0 spiro atoms. The molecule has 1 aromatic heterocycles. The van der Waals surface area contributed by atoms with Gasteiger partial charge in [-0.15, -0.1) is 11.3 Å². The van der Waals surface area contributed by atoms with E-state index >= 15 is 0 Å². The van der Waals surface area contributed by atoms with Gasteiger partial charge < -0.3 is 4.98 Å². The summed E-state index contributed by atoms with van der Waals surface area (Å²) in [7, 11) is 0. The maximum Gasteiger partial charge on any atom is 0.204 e. The fourth-order valence-corrected chi connectivity index (χ4v) is 1.34. The molecule has 0 bridgehead atoms. The van der Waals surface area contributed by atoms with E-state index < -0.39 is 0 Å². The Labute approximate surface area is 61.5 Å². The van der Waals surface area contributed by atoms with Gasteiger partial charge in [0.15, 0.2) is 3.95 Å². The van der Waals surface area contributed by atoms with Crippen molar-refractivity contribution in [1.29, 1.82) is 0 Å². The minimum atomic E-state index is 0.313. The van der Waals surface area contributed by atoms with Crippen molar-refractivity contribution in [2.45, 2.75) is 6.42 Å². The highest BCUT2D eigenvalue weighted by Crippen LogP contribution is 2.03. The lowest BCUT2D eigenvalue weighted by Gasteiger charge is -1.79. The first-order valence-corrected chi connectivity index (χ1v) is 3.63. The van der Waals surface area contributed by atoms with Crippen LogP contribution in [0.25, 0.3) is 0 Å². The van der Waals surface area contributed by atoms with Gasteiger partial charge in [0, 0.05) is 11.1 Å². The highest BCUT2D eigenvalue weighted by molar-refractivity contribution is 7.73. The molecular formula is C5H4NOS2. The number of nitrogens with one attached hydrogen (secondary N) is 1. The quantitative estimate of drug-likeness (QED) is 0.661. The SMILES string of the molecule is O=[C]Cc1csc(=S)[nH]1. The van der Waals surface area contributed by atoms with Crippen molar-refractivity contribution < 1.29 is 4.79 Å². The lowest BCUT2D eigenvalue weighted by atomic mass is 10.4. The summed E-state index contributed by atoms with van der Waals surface area (Å²) in [5, 5.41) is 1.83. The molecule has 0 unspecified atom stereocenters. The van der Waals surface area contributed by atoms with Gasteiger partial charge in [-0.2, -0.15) is 0 Å². The monoisotopic (exact) mass is 158 g/mol. The minimum Gasteiger partial charge on any atom is -0.340 e. The summed E-state index contributed by atoms with van der Waals surface area (Å²) in [5.41, 5.74) is 0.847. The third-order valence-corrected chi connectivity index (χ3v) is 1.94. The molecule has 0 aromatic carbocycles. The van der Waals surface area contributed by atoms with Gasteiger partial charge in [0.25, 0.3) is 0 Å². The topological polar surface area (TPSA) is 32.9 Å². The highest BCUT2D eigenvalue weighted by atomic mass is 32.1. The lowest BCUT2D eigenvalue weighted by molar-refractivity contribution is 0.554. The second kappa shape index (κ2) is 2.89. The molecule has 0 aliphatic heterocycles. The molecule has 2 nitrogen and oxygen atoms in total. The average Bonchev–Trinajstić information content (AvgIpc) is 2.17. The third-order valence-electron chi connectivity index (χ3n) is 0.833. The summed E-state index contributed by atoms with van der Waals surface area (Å²) in [6.07, 6.45) is 2.09. The number of aromatic amines is 1. The number of hydrogen-bond acceptors (Lipinski definition) is 3. The Bertz CT molecular complexity index is 249. The van der Waals surface area contributed by atoms with Crippen molar-refractivity contribution in [2.75, 3.05) is 0 Å². The Hall–Kier alpha value is -0.480. The second-order valence-corrected chi connectivity index (χ2v) is 3.04. The molecule has 0 atom stereocenters. The van der Waals surface area contributed by atoms with E-state index in [2.05, 4.69) is 4.98 Å². The van der Waals surface area contributed by atoms with Crippen LogP contribution in [0.4, 0.5) is 0 Å². The van der Waals surface area contributed by atoms with Crippen molar-refractivity contribution in [2.24, 2.45) is 0 Å². The molecule has 0 fully saturated rings. The summed E-state index contributed by atoms with van der Waals surface area (Å²) in [6.45, 7) is 0. The molecule has 0 saturated carbocycles. The molecule has 0 aliphatic carbocycles. The van der Waals surface area contributed by atoms with Crippen LogP contribution in [0.1, 0.15) is 5.69 Å². The Morgan fingerprint density at radius 1 is 1.89 bits per heavy atom. The Kier molecular flexibility index (Phi) is 2.13.